The van der Waals surface area contributed by atoms with E-state index >= 15 is 0 Å². The lowest BCUT2D eigenvalue weighted by molar-refractivity contribution is -0.137. The summed E-state index contributed by atoms with van der Waals surface area (Å²) in [5.74, 6) is 0.0450. The van der Waals surface area contributed by atoms with Gasteiger partial charge in [0, 0.05) is 56.7 Å². The summed E-state index contributed by atoms with van der Waals surface area (Å²) in [6.45, 7) is 2.90. The van der Waals surface area contributed by atoms with Crippen LogP contribution in [-0.2, 0) is 9.59 Å². The van der Waals surface area contributed by atoms with Gasteiger partial charge in [-0.1, -0.05) is 4.49 Å². The molecule has 9 nitrogen and oxygen atoms in total. The van der Waals surface area contributed by atoms with Gasteiger partial charge in [0.25, 0.3) is 5.91 Å². The molecule has 0 radical (unpaired) electrons. The summed E-state index contributed by atoms with van der Waals surface area (Å²) >= 11 is 1.21. The molecule has 0 aliphatic carbocycles. The first-order valence-electron chi connectivity index (χ1n) is 10.6. The normalized spacial score (nSPS) is 23.4. The first-order valence-corrected chi connectivity index (χ1v) is 11.4. The van der Waals surface area contributed by atoms with E-state index in [9.17, 15) is 14.4 Å². The largest absolute Gasteiger partial charge is 0.343 e. The van der Waals surface area contributed by atoms with Crippen LogP contribution in [0.1, 0.15) is 48.9 Å². The topological polar surface area (TPSA) is 99.6 Å². The molecule has 3 saturated heterocycles. The molecule has 3 fully saturated rings. The van der Waals surface area contributed by atoms with Gasteiger partial charge < -0.3 is 14.7 Å². The van der Waals surface area contributed by atoms with Crippen molar-refractivity contribution in [1.29, 1.82) is 0 Å². The van der Waals surface area contributed by atoms with Gasteiger partial charge in [0.1, 0.15) is 5.52 Å². The third-order valence-corrected chi connectivity index (χ3v) is 7.17. The average Bonchev–Trinajstić information content (AvgIpc) is 3.54. The second kappa shape index (κ2) is 7.90. The Morgan fingerprint density at radius 2 is 1.67 bits per heavy atom. The Bertz CT molecular complexity index is 988. The zero-order valence-electron chi connectivity index (χ0n) is 16.7. The van der Waals surface area contributed by atoms with Crippen LogP contribution in [0.25, 0.3) is 10.3 Å². The van der Waals surface area contributed by atoms with Gasteiger partial charge in [0.2, 0.25) is 11.8 Å². The van der Waals surface area contributed by atoms with Gasteiger partial charge in [-0.2, -0.15) is 0 Å². The highest BCUT2D eigenvalue weighted by Gasteiger charge is 2.46. The molecule has 2 atom stereocenters. The number of carbonyl (C=O) groups is 3. The third-order valence-electron chi connectivity index (χ3n) is 6.52. The maximum atomic E-state index is 13.1. The molecule has 30 heavy (non-hydrogen) atoms. The van der Waals surface area contributed by atoms with Crippen LogP contribution in [0.2, 0.25) is 0 Å². The van der Waals surface area contributed by atoms with E-state index < -0.39 is 0 Å². The number of rotatable bonds is 4. The number of pyridine rings is 1. The molecule has 2 aromatic heterocycles. The lowest BCUT2D eigenvalue weighted by atomic mass is 10.1. The second-order valence-corrected chi connectivity index (χ2v) is 8.94. The molecule has 2 aromatic rings. The van der Waals surface area contributed by atoms with Crippen molar-refractivity contribution in [2.45, 2.75) is 50.6 Å². The minimum atomic E-state index is -0.0663. The third kappa shape index (κ3) is 3.42. The molecule has 3 aliphatic heterocycles. The van der Waals surface area contributed by atoms with Gasteiger partial charge >= 0.3 is 0 Å². The molecular formula is C20H24N6O3S. The number of likely N-dealkylation sites (tertiary alicyclic amines) is 3. The van der Waals surface area contributed by atoms with Gasteiger partial charge in [-0.25, -0.2) is 4.98 Å². The number of nitrogens with zero attached hydrogens (tertiary/aromatic N) is 6. The molecule has 0 aromatic carbocycles. The predicted octanol–water partition coefficient (Wildman–Crippen LogP) is 1.30. The molecule has 0 spiro atoms. The van der Waals surface area contributed by atoms with Crippen molar-refractivity contribution in [3.05, 3.63) is 17.8 Å². The van der Waals surface area contributed by atoms with E-state index in [1.165, 1.54) is 11.5 Å². The molecule has 0 unspecified atom stereocenters. The Labute approximate surface area is 178 Å². The van der Waals surface area contributed by atoms with Gasteiger partial charge in [-0.05, 0) is 31.7 Å². The second-order valence-electron chi connectivity index (χ2n) is 8.21. The fourth-order valence-corrected chi connectivity index (χ4v) is 5.50. The maximum absolute atomic E-state index is 13.1. The zero-order chi connectivity index (χ0) is 20.7. The number of aromatic nitrogens is 3. The Morgan fingerprint density at radius 3 is 2.47 bits per heavy atom. The van der Waals surface area contributed by atoms with Gasteiger partial charge in [0.05, 0.1) is 17.6 Å². The van der Waals surface area contributed by atoms with Crippen LogP contribution < -0.4 is 0 Å². The predicted molar refractivity (Wildman–Crippen MR) is 110 cm³/mol. The van der Waals surface area contributed by atoms with E-state index in [1.54, 1.807) is 12.3 Å². The molecule has 3 aliphatic rings. The summed E-state index contributed by atoms with van der Waals surface area (Å²) in [6, 6.07) is 1.81. The molecule has 0 N–H and O–H groups in total. The number of hydrogen-bond donors (Lipinski definition) is 0. The van der Waals surface area contributed by atoms with E-state index in [2.05, 4.69) is 14.6 Å². The maximum Gasteiger partial charge on any atom is 0.255 e. The van der Waals surface area contributed by atoms with E-state index in [-0.39, 0.29) is 42.6 Å². The van der Waals surface area contributed by atoms with Crippen LogP contribution >= 0.6 is 11.5 Å². The van der Waals surface area contributed by atoms with Crippen LogP contribution in [0, 0.1) is 0 Å². The van der Waals surface area contributed by atoms with Crippen molar-refractivity contribution < 1.29 is 14.4 Å². The molecule has 158 valence electrons. The van der Waals surface area contributed by atoms with Crippen LogP contribution in [-0.4, -0.2) is 85.3 Å². The van der Waals surface area contributed by atoms with Gasteiger partial charge in [0.15, 0.2) is 4.83 Å². The first kappa shape index (κ1) is 19.3. The number of carbonyl (C=O) groups excluding carboxylic acids is 3. The van der Waals surface area contributed by atoms with Gasteiger partial charge in [-0.15, -0.1) is 5.10 Å². The van der Waals surface area contributed by atoms with E-state index in [0.717, 1.165) is 38.8 Å². The van der Waals surface area contributed by atoms with E-state index in [1.807, 2.05) is 14.7 Å². The molecule has 5 rings (SSSR count). The highest BCUT2D eigenvalue weighted by Crippen LogP contribution is 2.33. The van der Waals surface area contributed by atoms with Crippen LogP contribution in [0.15, 0.2) is 12.3 Å². The molecule has 3 amide bonds. The number of amides is 3. The molecule has 5 heterocycles. The SMILES string of the molecule is O=C(CCC(=O)N1CC[C@@H]2[C@H]1CCN2C(=O)c1cnc2snnc2c1)N1CCCC1. The van der Waals surface area contributed by atoms with Crippen LogP contribution in [0.5, 0.6) is 0 Å². The number of hydrogen-bond acceptors (Lipinski definition) is 7. The summed E-state index contributed by atoms with van der Waals surface area (Å²) in [7, 11) is 0. The Hall–Kier alpha value is -2.62. The van der Waals surface area contributed by atoms with Crippen molar-refractivity contribution >= 4 is 39.6 Å². The molecular weight excluding hydrogens is 404 g/mol. The smallest absolute Gasteiger partial charge is 0.255 e. The van der Waals surface area contributed by atoms with Crippen molar-refractivity contribution in [2.24, 2.45) is 0 Å². The monoisotopic (exact) mass is 428 g/mol. The Morgan fingerprint density at radius 1 is 0.967 bits per heavy atom. The van der Waals surface area contributed by atoms with E-state index in [4.69, 9.17) is 0 Å². The molecule has 10 heteroatoms. The lowest BCUT2D eigenvalue weighted by Gasteiger charge is -2.26. The standard InChI is InChI=1S/C20H24N6O3S/c27-17(24-7-1-2-8-24)3-4-18(28)25-9-5-16-15(25)6-10-26(16)20(29)13-11-14-19(21-12-13)30-23-22-14/h11-12,15-16H,1-10H2/t15-,16-/m1/s1. The fraction of sp³-hybridized carbons (Fsp3) is 0.600. The average molecular weight is 429 g/mol. The molecule has 0 saturated carbocycles. The van der Waals surface area contributed by atoms with Crippen molar-refractivity contribution in [2.75, 3.05) is 26.2 Å². The first-order chi connectivity index (χ1) is 14.6. The van der Waals surface area contributed by atoms with E-state index in [0.29, 0.717) is 29.0 Å². The van der Waals surface area contributed by atoms with Crippen molar-refractivity contribution in [3.63, 3.8) is 0 Å². The Balaban J connectivity index is 1.21. The van der Waals surface area contributed by atoms with Gasteiger partial charge in [-0.3, -0.25) is 14.4 Å². The summed E-state index contributed by atoms with van der Waals surface area (Å²) in [4.78, 5) is 48.7. The van der Waals surface area contributed by atoms with Crippen LogP contribution in [0.3, 0.4) is 0 Å². The quantitative estimate of drug-likeness (QED) is 0.728. The fourth-order valence-electron chi connectivity index (χ4n) is 5.00. The van der Waals surface area contributed by atoms with Crippen LogP contribution in [0.4, 0.5) is 0 Å². The zero-order valence-corrected chi connectivity index (χ0v) is 17.5. The molecule has 0 bridgehead atoms. The highest BCUT2D eigenvalue weighted by atomic mass is 32.1. The lowest BCUT2D eigenvalue weighted by Crippen LogP contribution is -2.41. The summed E-state index contributed by atoms with van der Waals surface area (Å²) in [5, 5.41) is 4.00. The number of fused-ring (bicyclic) bond motifs is 2. The highest BCUT2D eigenvalue weighted by molar-refractivity contribution is 7.12. The summed E-state index contributed by atoms with van der Waals surface area (Å²) < 4.78 is 3.87. The van der Waals surface area contributed by atoms with Crippen molar-refractivity contribution in [3.8, 4) is 0 Å². The summed E-state index contributed by atoms with van der Waals surface area (Å²) in [5.41, 5.74) is 1.14. The van der Waals surface area contributed by atoms with Crippen molar-refractivity contribution in [1.82, 2.24) is 29.3 Å². The minimum Gasteiger partial charge on any atom is -0.343 e. The Kier molecular flexibility index (Phi) is 5.10. The summed E-state index contributed by atoms with van der Waals surface area (Å²) in [6.07, 6.45) is 5.78. The minimum absolute atomic E-state index is 0.0278.